The summed E-state index contributed by atoms with van der Waals surface area (Å²) in [6.07, 6.45) is 0.733. The van der Waals surface area contributed by atoms with Crippen molar-refractivity contribution in [3.63, 3.8) is 0 Å². The van der Waals surface area contributed by atoms with E-state index in [0.29, 0.717) is 0 Å². The Bertz CT molecular complexity index is 76.8. The molecule has 1 aliphatic rings. The molecule has 0 bridgehead atoms. The predicted molar refractivity (Wildman–Crippen MR) is 31.0 cm³/mol. The van der Waals surface area contributed by atoms with Gasteiger partial charge in [-0.15, -0.1) is 11.6 Å². The quantitative estimate of drug-likeness (QED) is 0.501. The molecule has 0 aromatic rings. The molecule has 1 heterocycles. The van der Waals surface area contributed by atoms with Gasteiger partial charge in [0.05, 0.1) is 12.0 Å². The molecule has 0 amide bonds. The van der Waals surface area contributed by atoms with Crippen LogP contribution in [-0.2, 0) is 9.47 Å². The van der Waals surface area contributed by atoms with Crippen molar-refractivity contribution in [2.24, 2.45) is 0 Å². The van der Waals surface area contributed by atoms with Crippen LogP contribution in [0, 0.1) is 0 Å². The van der Waals surface area contributed by atoms with Crippen LogP contribution in [0.25, 0.3) is 0 Å². The summed E-state index contributed by atoms with van der Waals surface area (Å²) in [4.78, 5) is 0. The summed E-state index contributed by atoms with van der Waals surface area (Å²) in [6.45, 7) is 0.729. The van der Waals surface area contributed by atoms with E-state index in [-0.39, 0.29) is 11.7 Å². The molecule has 0 saturated carbocycles. The lowest BCUT2D eigenvalue weighted by Gasteiger charge is -2.08. The minimum Gasteiger partial charge on any atom is -0.354 e. The maximum Gasteiger partial charge on any atom is 0.173 e. The molecule has 48 valence electrons. The van der Waals surface area contributed by atoms with Crippen molar-refractivity contribution >= 4 is 11.6 Å². The van der Waals surface area contributed by atoms with Crippen LogP contribution in [0.1, 0.15) is 6.42 Å². The zero-order valence-corrected chi connectivity index (χ0v) is 5.52. The number of hydrogen-bond donors (Lipinski definition) is 0. The van der Waals surface area contributed by atoms with Gasteiger partial charge >= 0.3 is 0 Å². The van der Waals surface area contributed by atoms with E-state index in [1.165, 1.54) is 0 Å². The minimum absolute atomic E-state index is 0.0556. The molecule has 0 unspecified atom stereocenters. The van der Waals surface area contributed by atoms with Crippen LogP contribution in [-0.4, -0.2) is 25.4 Å². The number of methoxy groups -OCH3 is 1. The lowest BCUT2D eigenvalue weighted by Crippen LogP contribution is -2.17. The van der Waals surface area contributed by atoms with Crippen molar-refractivity contribution in [3.05, 3.63) is 0 Å². The van der Waals surface area contributed by atoms with Crippen molar-refractivity contribution in [3.8, 4) is 0 Å². The largest absolute Gasteiger partial charge is 0.354 e. The molecule has 0 aromatic carbocycles. The molecule has 0 aromatic heterocycles. The average Bonchev–Trinajstić information content (AvgIpc) is 2.14. The van der Waals surface area contributed by atoms with E-state index in [1.54, 1.807) is 7.11 Å². The van der Waals surface area contributed by atoms with Gasteiger partial charge in [-0.25, -0.2) is 0 Å². The minimum atomic E-state index is -0.170. The third-order valence-corrected chi connectivity index (χ3v) is 1.63. The molecule has 0 spiro atoms. The fourth-order valence-electron chi connectivity index (χ4n) is 0.753. The third kappa shape index (κ3) is 1.13. The summed E-state index contributed by atoms with van der Waals surface area (Å²) < 4.78 is 9.93. The smallest absolute Gasteiger partial charge is 0.173 e. The van der Waals surface area contributed by atoms with Gasteiger partial charge in [-0.1, -0.05) is 0 Å². The number of halogens is 1. The van der Waals surface area contributed by atoms with Crippen LogP contribution >= 0.6 is 11.6 Å². The standard InChI is InChI=1S/C5H9ClO2/c1-7-5-4(6)2-3-8-5/h4-5H,2-3H2,1H3/t4-,5-/m1/s1. The molecule has 2 atom stereocenters. The Kier molecular flexibility index (Phi) is 2.11. The predicted octanol–water partition coefficient (Wildman–Crippen LogP) is 0.987. The molecule has 1 fully saturated rings. The Morgan fingerprint density at radius 2 is 2.50 bits per heavy atom. The summed E-state index contributed by atoms with van der Waals surface area (Å²) in [6, 6.07) is 0. The van der Waals surface area contributed by atoms with Gasteiger partial charge in [0.25, 0.3) is 0 Å². The molecule has 0 radical (unpaired) electrons. The van der Waals surface area contributed by atoms with Crippen molar-refractivity contribution in [1.82, 2.24) is 0 Å². The fourth-order valence-corrected chi connectivity index (χ4v) is 1.02. The Morgan fingerprint density at radius 3 is 2.75 bits per heavy atom. The number of hydrogen-bond acceptors (Lipinski definition) is 2. The molecule has 0 aliphatic carbocycles. The van der Waals surface area contributed by atoms with Crippen molar-refractivity contribution in [2.75, 3.05) is 13.7 Å². The van der Waals surface area contributed by atoms with Gasteiger partial charge < -0.3 is 9.47 Å². The zero-order chi connectivity index (χ0) is 5.98. The SMILES string of the molecule is CO[C@@H]1OCC[C@H]1Cl. The van der Waals surface area contributed by atoms with Crippen LogP contribution in [0.4, 0.5) is 0 Å². The summed E-state index contributed by atoms with van der Waals surface area (Å²) in [5, 5.41) is 0.0556. The summed E-state index contributed by atoms with van der Waals surface area (Å²) in [5.74, 6) is 0. The lowest BCUT2D eigenvalue weighted by molar-refractivity contribution is -0.0862. The molecular formula is C5H9ClO2. The maximum atomic E-state index is 5.73. The van der Waals surface area contributed by atoms with Gasteiger partial charge in [-0.3, -0.25) is 0 Å². The van der Waals surface area contributed by atoms with E-state index in [0.717, 1.165) is 13.0 Å². The second-order valence-electron chi connectivity index (χ2n) is 1.78. The second kappa shape index (κ2) is 2.67. The van der Waals surface area contributed by atoms with E-state index in [4.69, 9.17) is 21.1 Å². The highest BCUT2D eigenvalue weighted by Crippen LogP contribution is 2.18. The Hall–Kier alpha value is 0.210. The highest BCUT2D eigenvalue weighted by atomic mass is 35.5. The first-order valence-electron chi connectivity index (χ1n) is 2.63. The first-order chi connectivity index (χ1) is 3.84. The first kappa shape index (κ1) is 6.33. The molecular weight excluding hydrogens is 128 g/mol. The van der Waals surface area contributed by atoms with Gasteiger partial charge in [0.2, 0.25) is 0 Å². The van der Waals surface area contributed by atoms with Crippen molar-refractivity contribution in [1.29, 1.82) is 0 Å². The number of alkyl halides is 1. The first-order valence-corrected chi connectivity index (χ1v) is 3.06. The van der Waals surface area contributed by atoms with Crippen LogP contribution in [0.2, 0.25) is 0 Å². The maximum absolute atomic E-state index is 5.73. The summed E-state index contributed by atoms with van der Waals surface area (Å²) in [7, 11) is 1.60. The Balaban J connectivity index is 2.30. The van der Waals surface area contributed by atoms with E-state index in [2.05, 4.69) is 0 Å². The third-order valence-electron chi connectivity index (χ3n) is 1.20. The van der Waals surface area contributed by atoms with Crippen LogP contribution < -0.4 is 0 Å². The van der Waals surface area contributed by atoms with Gasteiger partial charge in [0.1, 0.15) is 0 Å². The molecule has 1 saturated heterocycles. The van der Waals surface area contributed by atoms with Gasteiger partial charge in [-0.2, -0.15) is 0 Å². The summed E-state index contributed by atoms with van der Waals surface area (Å²) in [5.41, 5.74) is 0. The molecule has 3 heteroatoms. The molecule has 8 heavy (non-hydrogen) atoms. The van der Waals surface area contributed by atoms with E-state index in [1.807, 2.05) is 0 Å². The van der Waals surface area contributed by atoms with Crippen LogP contribution in [0.3, 0.4) is 0 Å². The second-order valence-corrected chi connectivity index (χ2v) is 2.34. The lowest BCUT2D eigenvalue weighted by atomic mass is 10.3. The Morgan fingerprint density at radius 1 is 1.75 bits per heavy atom. The number of ether oxygens (including phenoxy) is 2. The Labute approximate surface area is 53.7 Å². The van der Waals surface area contributed by atoms with E-state index >= 15 is 0 Å². The monoisotopic (exact) mass is 136 g/mol. The highest BCUT2D eigenvalue weighted by Gasteiger charge is 2.25. The van der Waals surface area contributed by atoms with Crippen molar-refractivity contribution < 1.29 is 9.47 Å². The van der Waals surface area contributed by atoms with Crippen molar-refractivity contribution in [2.45, 2.75) is 18.1 Å². The molecule has 1 rings (SSSR count). The number of rotatable bonds is 1. The molecule has 2 nitrogen and oxygen atoms in total. The van der Waals surface area contributed by atoms with Crippen LogP contribution in [0.15, 0.2) is 0 Å². The highest BCUT2D eigenvalue weighted by molar-refractivity contribution is 6.21. The molecule has 0 N–H and O–H groups in total. The van der Waals surface area contributed by atoms with Crippen LogP contribution in [0.5, 0.6) is 0 Å². The van der Waals surface area contributed by atoms with Gasteiger partial charge in [0, 0.05) is 7.11 Å². The van der Waals surface area contributed by atoms with Gasteiger partial charge in [0.15, 0.2) is 6.29 Å². The normalized spacial score (nSPS) is 38.2. The van der Waals surface area contributed by atoms with Gasteiger partial charge in [-0.05, 0) is 6.42 Å². The fraction of sp³-hybridized carbons (Fsp3) is 1.00. The van der Waals surface area contributed by atoms with E-state index < -0.39 is 0 Å². The topological polar surface area (TPSA) is 18.5 Å². The average molecular weight is 137 g/mol. The van der Waals surface area contributed by atoms with E-state index in [9.17, 15) is 0 Å². The summed E-state index contributed by atoms with van der Waals surface area (Å²) >= 11 is 5.73. The molecule has 1 aliphatic heterocycles. The zero-order valence-electron chi connectivity index (χ0n) is 4.76.